The van der Waals surface area contributed by atoms with Crippen LogP contribution in [-0.2, 0) is 0 Å². The van der Waals surface area contributed by atoms with E-state index in [1.165, 1.54) is 16.5 Å². The van der Waals surface area contributed by atoms with Gasteiger partial charge in [-0.2, -0.15) is 0 Å². The standard InChI is InChI=1S/C16H20N4/c1-11-10-20(14-8-6-5-7-13(11)14)16-9-15(17-3)19(4)12(2)18-16/h5-10,15,17H,1-4H3. The van der Waals surface area contributed by atoms with Crippen molar-refractivity contribution < 1.29 is 0 Å². The van der Waals surface area contributed by atoms with Crippen LogP contribution in [0.3, 0.4) is 0 Å². The highest BCUT2D eigenvalue weighted by Gasteiger charge is 2.19. The summed E-state index contributed by atoms with van der Waals surface area (Å²) in [6, 6.07) is 8.44. The van der Waals surface area contributed by atoms with Gasteiger partial charge in [0.2, 0.25) is 0 Å². The number of para-hydroxylation sites is 1. The number of rotatable bonds is 2. The van der Waals surface area contributed by atoms with Crippen molar-refractivity contribution in [2.75, 3.05) is 14.1 Å². The molecule has 4 nitrogen and oxygen atoms in total. The molecular formula is C16H20N4. The summed E-state index contributed by atoms with van der Waals surface area (Å²) in [4.78, 5) is 6.85. The van der Waals surface area contributed by atoms with Crippen LogP contribution in [0.25, 0.3) is 16.7 Å². The summed E-state index contributed by atoms with van der Waals surface area (Å²) in [5, 5.41) is 4.57. The van der Waals surface area contributed by atoms with E-state index in [4.69, 9.17) is 4.99 Å². The summed E-state index contributed by atoms with van der Waals surface area (Å²) in [6.07, 6.45) is 4.48. The Labute approximate surface area is 119 Å². The average molecular weight is 268 g/mol. The van der Waals surface area contributed by atoms with Gasteiger partial charge < -0.3 is 9.47 Å². The average Bonchev–Trinajstić information content (AvgIpc) is 2.80. The Kier molecular flexibility index (Phi) is 3.10. The highest BCUT2D eigenvalue weighted by molar-refractivity contribution is 5.90. The second kappa shape index (κ2) is 4.80. The normalized spacial score (nSPS) is 19.2. The van der Waals surface area contributed by atoms with Crippen LogP contribution in [0.15, 0.2) is 41.5 Å². The number of nitrogens with zero attached hydrogens (tertiary/aromatic N) is 3. The molecule has 0 spiro atoms. The summed E-state index contributed by atoms with van der Waals surface area (Å²) in [6.45, 7) is 4.18. The summed E-state index contributed by atoms with van der Waals surface area (Å²) >= 11 is 0. The molecular weight excluding hydrogens is 248 g/mol. The molecule has 4 heteroatoms. The van der Waals surface area contributed by atoms with Crippen LogP contribution >= 0.6 is 0 Å². The minimum Gasteiger partial charge on any atom is -0.344 e. The van der Waals surface area contributed by atoms with Gasteiger partial charge in [0.25, 0.3) is 0 Å². The van der Waals surface area contributed by atoms with Crippen LogP contribution in [0.2, 0.25) is 0 Å². The Morgan fingerprint density at radius 1 is 1.20 bits per heavy atom. The third-order valence-corrected chi connectivity index (χ3v) is 3.96. The van der Waals surface area contributed by atoms with Gasteiger partial charge in [0.05, 0.1) is 5.52 Å². The highest BCUT2D eigenvalue weighted by atomic mass is 15.3. The minimum absolute atomic E-state index is 0.170. The molecule has 1 atom stereocenters. The monoisotopic (exact) mass is 268 g/mol. The van der Waals surface area contributed by atoms with Crippen LogP contribution in [0, 0.1) is 6.92 Å². The van der Waals surface area contributed by atoms with E-state index < -0.39 is 0 Å². The van der Waals surface area contributed by atoms with Crippen molar-refractivity contribution in [1.29, 1.82) is 0 Å². The largest absolute Gasteiger partial charge is 0.344 e. The number of hydrogen-bond acceptors (Lipinski definition) is 3. The molecule has 20 heavy (non-hydrogen) atoms. The Morgan fingerprint density at radius 2 is 1.95 bits per heavy atom. The molecule has 2 aromatic rings. The number of benzene rings is 1. The predicted molar refractivity (Wildman–Crippen MR) is 84.7 cm³/mol. The molecule has 2 heterocycles. The first-order chi connectivity index (χ1) is 9.61. The van der Waals surface area contributed by atoms with Gasteiger partial charge in [0.1, 0.15) is 17.8 Å². The van der Waals surface area contributed by atoms with E-state index in [2.05, 4.69) is 58.2 Å². The maximum Gasteiger partial charge on any atom is 0.138 e. The van der Waals surface area contributed by atoms with Crippen molar-refractivity contribution >= 4 is 22.6 Å². The molecule has 0 fully saturated rings. The zero-order valence-corrected chi connectivity index (χ0v) is 12.4. The van der Waals surface area contributed by atoms with Crippen molar-refractivity contribution in [1.82, 2.24) is 14.8 Å². The van der Waals surface area contributed by atoms with Gasteiger partial charge in [-0.3, -0.25) is 5.32 Å². The zero-order chi connectivity index (χ0) is 14.3. The SMILES string of the molecule is CNC1C=C(n2cc(C)c3ccccc32)N=C(C)N1C. The summed E-state index contributed by atoms with van der Waals surface area (Å²) in [5.74, 6) is 1.99. The Morgan fingerprint density at radius 3 is 2.70 bits per heavy atom. The lowest BCUT2D eigenvalue weighted by atomic mass is 10.2. The molecule has 1 unspecified atom stereocenters. The number of hydrogen-bond donors (Lipinski definition) is 1. The molecule has 0 aliphatic carbocycles. The molecule has 104 valence electrons. The predicted octanol–water partition coefficient (Wildman–Crippen LogP) is 2.66. The molecule has 0 bridgehead atoms. The number of nitrogens with one attached hydrogen (secondary N) is 1. The second-order valence-electron chi connectivity index (χ2n) is 5.23. The van der Waals surface area contributed by atoms with E-state index in [0.717, 1.165) is 11.7 Å². The summed E-state index contributed by atoms with van der Waals surface area (Å²) < 4.78 is 2.17. The van der Waals surface area contributed by atoms with Crippen molar-refractivity contribution in [3.63, 3.8) is 0 Å². The molecule has 1 aromatic carbocycles. The van der Waals surface area contributed by atoms with Gasteiger partial charge >= 0.3 is 0 Å². The Hall–Kier alpha value is -2.07. The first-order valence-electron chi connectivity index (χ1n) is 6.86. The fraction of sp³-hybridized carbons (Fsp3) is 0.312. The fourth-order valence-electron chi connectivity index (χ4n) is 2.69. The second-order valence-corrected chi connectivity index (χ2v) is 5.23. The fourth-order valence-corrected chi connectivity index (χ4v) is 2.69. The third-order valence-electron chi connectivity index (χ3n) is 3.96. The van der Waals surface area contributed by atoms with E-state index >= 15 is 0 Å². The minimum atomic E-state index is 0.170. The first kappa shape index (κ1) is 12.9. The van der Waals surface area contributed by atoms with E-state index in [0.29, 0.717) is 0 Å². The zero-order valence-electron chi connectivity index (χ0n) is 12.4. The number of aliphatic imine (C=N–C) groups is 1. The Bertz CT molecular complexity index is 708. The van der Waals surface area contributed by atoms with Crippen molar-refractivity contribution in [2.45, 2.75) is 20.0 Å². The first-order valence-corrected chi connectivity index (χ1v) is 6.86. The van der Waals surface area contributed by atoms with Crippen LogP contribution in [0.4, 0.5) is 0 Å². The van der Waals surface area contributed by atoms with E-state index in [1.807, 2.05) is 21.0 Å². The van der Waals surface area contributed by atoms with Gasteiger partial charge in [-0.1, -0.05) is 18.2 Å². The van der Waals surface area contributed by atoms with Gasteiger partial charge in [-0.25, -0.2) is 4.99 Å². The molecule has 0 amide bonds. The lowest BCUT2D eigenvalue weighted by Gasteiger charge is -2.31. The van der Waals surface area contributed by atoms with Crippen LogP contribution < -0.4 is 5.32 Å². The number of amidine groups is 1. The van der Waals surface area contributed by atoms with Crippen molar-refractivity contribution in [3.05, 3.63) is 42.1 Å². The number of likely N-dealkylation sites (N-methyl/N-ethyl adjacent to an activating group) is 2. The van der Waals surface area contributed by atoms with Gasteiger partial charge in [0, 0.05) is 18.6 Å². The lowest BCUT2D eigenvalue weighted by Crippen LogP contribution is -2.44. The maximum absolute atomic E-state index is 4.72. The molecule has 1 aliphatic heterocycles. The summed E-state index contributed by atoms with van der Waals surface area (Å²) in [5.41, 5.74) is 2.47. The smallest absolute Gasteiger partial charge is 0.138 e. The van der Waals surface area contributed by atoms with E-state index in [-0.39, 0.29) is 6.17 Å². The molecule has 1 N–H and O–H groups in total. The van der Waals surface area contributed by atoms with Crippen LogP contribution in [0.1, 0.15) is 12.5 Å². The molecule has 0 saturated heterocycles. The molecule has 3 rings (SSSR count). The number of fused-ring (bicyclic) bond motifs is 1. The third kappa shape index (κ3) is 1.93. The van der Waals surface area contributed by atoms with Crippen molar-refractivity contribution in [2.24, 2.45) is 4.99 Å². The van der Waals surface area contributed by atoms with E-state index in [9.17, 15) is 0 Å². The summed E-state index contributed by atoms with van der Waals surface area (Å²) in [7, 11) is 4.01. The lowest BCUT2D eigenvalue weighted by molar-refractivity contribution is 0.376. The quantitative estimate of drug-likeness (QED) is 0.908. The van der Waals surface area contributed by atoms with Gasteiger partial charge in [0.15, 0.2) is 0 Å². The number of aromatic nitrogens is 1. The van der Waals surface area contributed by atoms with Gasteiger partial charge in [-0.15, -0.1) is 0 Å². The number of aryl methyl sites for hydroxylation is 1. The van der Waals surface area contributed by atoms with Gasteiger partial charge in [-0.05, 0) is 38.6 Å². The van der Waals surface area contributed by atoms with Crippen LogP contribution in [-0.4, -0.2) is 35.6 Å². The molecule has 1 aromatic heterocycles. The molecule has 0 radical (unpaired) electrons. The molecule has 1 aliphatic rings. The molecule has 0 saturated carbocycles. The maximum atomic E-state index is 4.72. The van der Waals surface area contributed by atoms with Crippen molar-refractivity contribution in [3.8, 4) is 0 Å². The van der Waals surface area contributed by atoms with Crippen LogP contribution in [0.5, 0.6) is 0 Å². The highest BCUT2D eigenvalue weighted by Crippen LogP contribution is 2.26. The van der Waals surface area contributed by atoms with E-state index in [1.54, 1.807) is 0 Å². The topological polar surface area (TPSA) is 32.6 Å². The Balaban J connectivity index is 2.16.